The van der Waals surface area contributed by atoms with Crippen molar-refractivity contribution in [1.82, 2.24) is 10.0 Å². The highest BCUT2D eigenvalue weighted by atomic mass is 16.5. The van der Waals surface area contributed by atoms with Crippen LogP contribution in [0.15, 0.2) is 53.5 Å². The van der Waals surface area contributed by atoms with Crippen molar-refractivity contribution in [3.63, 3.8) is 0 Å². The maximum absolute atomic E-state index is 12.3. The highest BCUT2D eigenvalue weighted by Gasteiger charge is 2.03. The van der Waals surface area contributed by atoms with Gasteiger partial charge in [-0.3, -0.25) is 14.8 Å². The fourth-order valence-electron chi connectivity index (χ4n) is 2.19. The van der Waals surface area contributed by atoms with Gasteiger partial charge in [-0.25, -0.2) is 5.48 Å². The van der Waals surface area contributed by atoms with Crippen molar-refractivity contribution in [2.75, 3.05) is 0 Å². The first kappa shape index (κ1) is 15.7. The zero-order valence-corrected chi connectivity index (χ0v) is 12.3. The van der Waals surface area contributed by atoms with Gasteiger partial charge in [0.2, 0.25) is 0 Å². The van der Waals surface area contributed by atoms with E-state index >= 15 is 0 Å². The average molecular weight is 298 g/mol. The summed E-state index contributed by atoms with van der Waals surface area (Å²) < 4.78 is 1.61. The van der Waals surface area contributed by atoms with Crippen LogP contribution in [0.2, 0.25) is 0 Å². The summed E-state index contributed by atoms with van der Waals surface area (Å²) in [7, 11) is 0. The summed E-state index contributed by atoms with van der Waals surface area (Å²) in [4.78, 5) is 23.3. The summed E-state index contributed by atoms with van der Waals surface area (Å²) in [6.45, 7) is 2.61. The van der Waals surface area contributed by atoms with Gasteiger partial charge >= 0.3 is 0 Å². The topological polar surface area (TPSA) is 71.3 Å². The maximum atomic E-state index is 12.3. The number of amides is 1. The van der Waals surface area contributed by atoms with Crippen LogP contribution in [0.5, 0.6) is 0 Å². The molecule has 1 heterocycles. The first-order valence-corrected chi connectivity index (χ1v) is 6.98. The molecule has 0 aliphatic rings. The second-order valence-corrected chi connectivity index (χ2v) is 4.95. The molecule has 0 fully saturated rings. The Balaban J connectivity index is 2.16. The van der Waals surface area contributed by atoms with Gasteiger partial charge in [0.1, 0.15) is 0 Å². The summed E-state index contributed by atoms with van der Waals surface area (Å²) >= 11 is 0. The van der Waals surface area contributed by atoms with E-state index in [1.807, 2.05) is 25.1 Å². The normalized spacial score (nSPS) is 10.8. The number of carbonyl (C=O) groups is 1. The Morgan fingerprint density at radius 1 is 1.27 bits per heavy atom. The monoisotopic (exact) mass is 298 g/mol. The minimum absolute atomic E-state index is 0.168. The fourth-order valence-corrected chi connectivity index (χ4v) is 2.19. The lowest BCUT2D eigenvalue weighted by atomic mass is 10.1. The van der Waals surface area contributed by atoms with E-state index in [9.17, 15) is 9.59 Å². The van der Waals surface area contributed by atoms with E-state index in [1.54, 1.807) is 22.9 Å². The molecule has 0 aliphatic carbocycles. The van der Waals surface area contributed by atoms with Crippen LogP contribution in [-0.2, 0) is 17.8 Å². The molecule has 0 atom stereocenters. The molecule has 2 aromatic rings. The molecule has 114 valence electrons. The van der Waals surface area contributed by atoms with Crippen LogP contribution in [-0.4, -0.2) is 15.7 Å². The largest absolute Gasteiger partial charge is 0.315 e. The number of nitrogens with one attached hydrogen (secondary N) is 1. The van der Waals surface area contributed by atoms with Crippen LogP contribution in [0.1, 0.15) is 16.7 Å². The van der Waals surface area contributed by atoms with E-state index < -0.39 is 5.91 Å². The first-order chi connectivity index (χ1) is 10.6. The number of aromatic nitrogens is 1. The predicted molar refractivity (Wildman–Crippen MR) is 84.5 cm³/mol. The van der Waals surface area contributed by atoms with Crippen molar-refractivity contribution in [3.8, 4) is 0 Å². The minimum atomic E-state index is -0.672. The van der Waals surface area contributed by atoms with E-state index in [0.29, 0.717) is 12.1 Å². The zero-order chi connectivity index (χ0) is 15.9. The molecular formula is C17H18N2O3. The number of rotatable bonds is 5. The van der Waals surface area contributed by atoms with E-state index in [4.69, 9.17) is 5.21 Å². The minimum Gasteiger partial charge on any atom is -0.315 e. The molecule has 0 bridgehead atoms. The molecule has 1 aromatic heterocycles. The number of hydroxylamine groups is 1. The zero-order valence-electron chi connectivity index (χ0n) is 12.3. The number of hydrogen-bond donors (Lipinski definition) is 2. The van der Waals surface area contributed by atoms with E-state index in [-0.39, 0.29) is 5.56 Å². The number of hydrogen-bond acceptors (Lipinski definition) is 3. The Morgan fingerprint density at radius 3 is 2.77 bits per heavy atom. The summed E-state index contributed by atoms with van der Waals surface area (Å²) in [5.74, 6) is -0.672. The Hall–Kier alpha value is -2.66. The maximum Gasteiger partial charge on any atom is 0.267 e. The second-order valence-electron chi connectivity index (χ2n) is 4.95. The van der Waals surface area contributed by atoms with Gasteiger partial charge in [0.05, 0.1) is 0 Å². The molecule has 2 N–H and O–H groups in total. The molecule has 0 radical (unpaired) electrons. The van der Waals surface area contributed by atoms with E-state index in [0.717, 1.165) is 12.5 Å². The lowest BCUT2D eigenvalue weighted by Crippen LogP contribution is -2.22. The lowest BCUT2D eigenvalue weighted by molar-refractivity contribution is -0.124. The van der Waals surface area contributed by atoms with Crippen LogP contribution >= 0.6 is 0 Å². The van der Waals surface area contributed by atoms with Crippen molar-refractivity contribution in [3.05, 3.63) is 75.7 Å². The van der Waals surface area contributed by atoms with Gasteiger partial charge in [0.15, 0.2) is 0 Å². The highest BCUT2D eigenvalue weighted by molar-refractivity contribution is 5.90. The SMILES string of the molecule is Cc1ccccc1CCn1cccc(/C=C/C(=O)NO)c1=O. The molecule has 0 aliphatic heterocycles. The molecule has 5 nitrogen and oxygen atoms in total. The number of carbonyl (C=O) groups excluding carboxylic acids is 1. The van der Waals surface area contributed by atoms with Crippen LogP contribution in [0.4, 0.5) is 0 Å². The van der Waals surface area contributed by atoms with Gasteiger partial charge in [-0.15, -0.1) is 0 Å². The summed E-state index contributed by atoms with van der Waals surface area (Å²) in [5, 5.41) is 8.44. The smallest absolute Gasteiger partial charge is 0.267 e. The van der Waals surface area contributed by atoms with Gasteiger partial charge < -0.3 is 4.57 Å². The third kappa shape index (κ3) is 3.93. The molecule has 0 spiro atoms. The van der Waals surface area contributed by atoms with E-state index in [2.05, 4.69) is 6.07 Å². The molecule has 1 aromatic carbocycles. The van der Waals surface area contributed by atoms with Crippen molar-refractivity contribution in [2.24, 2.45) is 0 Å². The predicted octanol–water partition coefficient (Wildman–Crippen LogP) is 1.92. The first-order valence-electron chi connectivity index (χ1n) is 6.98. The average Bonchev–Trinajstić information content (AvgIpc) is 2.53. The van der Waals surface area contributed by atoms with Crippen LogP contribution in [0.25, 0.3) is 6.08 Å². The highest BCUT2D eigenvalue weighted by Crippen LogP contribution is 2.08. The van der Waals surface area contributed by atoms with Gasteiger partial charge in [-0.05, 0) is 42.7 Å². The van der Waals surface area contributed by atoms with Crippen LogP contribution in [0.3, 0.4) is 0 Å². The Morgan fingerprint density at radius 2 is 2.05 bits per heavy atom. The number of nitrogens with zero attached hydrogens (tertiary/aromatic N) is 1. The standard InChI is InChI=1S/C17H18N2O3/c1-13-5-2-3-6-14(13)10-12-19-11-4-7-15(17(19)21)8-9-16(20)18-22/h2-9,11,22H,10,12H2,1H3,(H,18,20)/b9-8+. The molecular weight excluding hydrogens is 280 g/mol. The number of aryl methyl sites for hydroxylation is 3. The molecule has 22 heavy (non-hydrogen) atoms. The van der Waals surface area contributed by atoms with Crippen molar-refractivity contribution < 1.29 is 10.0 Å². The van der Waals surface area contributed by atoms with Gasteiger partial charge in [0.25, 0.3) is 11.5 Å². The molecule has 0 unspecified atom stereocenters. The second kappa shape index (κ2) is 7.38. The quantitative estimate of drug-likeness (QED) is 0.503. The van der Waals surface area contributed by atoms with Crippen molar-refractivity contribution in [2.45, 2.75) is 19.9 Å². The number of benzene rings is 1. The summed E-state index contributed by atoms with van der Waals surface area (Å²) in [6, 6.07) is 11.5. The molecule has 0 saturated carbocycles. The van der Waals surface area contributed by atoms with Crippen LogP contribution in [0, 0.1) is 6.92 Å². The molecule has 0 saturated heterocycles. The molecule has 1 amide bonds. The van der Waals surface area contributed by atoms with Crippen LogP contribution < -0.4 is 11.0 Å². The fraction of sp³-hybridized carbons (Fsp3) is 0.176. The van der Waals surface area contributed by atoms with E-state index in [1.165, 1.54) is 22.7 Å². The number of pyridine rings is 1. The van der Waals surface area contributed by atoms with Crippen molar-refractivity contribution >= 4 is 12.0 Å². The third-order valence-corrected chi connectivity index (χ3v) is 3.46. The Kier molecular flexibility index (Phi) is 5.27. The van der Waals surface area contributed by atoms with Gasteiger partial charge in [-0.2, -0.15) is 0 Å². The summed E-state index contributed by atoms with van der Waals surface area (Å²) in [5.41, 5.74) is 4.12. The Labute approximate surface area is 128 Å². The van der Waals surface area contributed by atoms with Crippen molar-refractivity contribution in [1.29, 1.82) is 0 Å². The lowest BCUT2D eigenvalue weighted by Gasteiger charge is -2.08. The molecule has 2 rings (SSSR count). The molecule has 5 heteroatoms. The summed E-state index contributed by atoms with van der Waals surface area (Å²) in [6.07, 6.45) is 4.99. The Bertz CT molecular complexity index is 748. The third-order valence-electron chi connectivity index (χ3n) is 3.46. The van der Waals surface area contributed by atoms with Gasteiger partial charge in [-0.1, -0.05) is 24.3 Å². The van der Waals surface area contributed by atoms with Gasteiger partial charge in [0, 0.05) is 24.4 Å².